The summed E-state index contributed by atoms with van der Waals surface area (Å²) in [6, 6.07) is 12.8. The third kappa shape index (κ3) is 4.12. The number of carbonyl (C=O) groups is 1. The van der Waals surface area contributed by atoms with Crippen LogP contribution in [0.15, 0.2) is 47.6 Å². The minimum atomic E-state index is -0.385. The van der Waals surface area contributed by atoms with Crippen LogP contribution in [0.4, 0.5) is 0 Å². The molecule has 0 saturated heterocycles. The molecule has 1 heterocycles. The van der Waals surface area contributed by atoms with Gasteiger partial charge < -0.3 is 0 Å². The van der Waals surface area contributed by atoms with E-state index in [0.29, 0.717) is 21.4 Å². The van der Waals surface area contributed by atoms with Crippen LogP contribution >= 0.6 is 23.2 Å². The molecular weight excluding hydrogens is 371 g/mol. The molecule has 0 spiro atoms. The second kappa shape index (κ2) is 7.72. The van der Waals surface area contributed by atoms with Gasteiger partial charge in [0.1, 0.15) is 5.69 Å². The van der Waals surface area contributed by atoms with E-state index < -0.39 is 0 Å². The molecule has 7 heteroatoms. The maximum Gasteiger partial charge on any atom is 0.289 e. The van der Waals surface area contributed by atoms with Gasteiger partial charge in [0.2, 0.25) is 0 Å². The predicted octanol–water partition coefficient (Wildman–Crippen LogP) is 4.76. The Hall–Kier alpha value is -2.63. The van der Waals surface area contributed by atoms with Crippen molar-refractivity contribution >= 4 is 35.3 Å². The molecule has 3 rings (SSSR count). The summed E-state index contributed by atoms with van der Waals surface area (Å²) in [5.74, 6) is -0.385. The molecule has 132 valence electrons. The number of nitrogens with zero attached hydrogens (tertiary/aromatic N) is 2. The van der Waals surface area contributed by atoms with Crippen molar-refractivity contribution in [3.8, 4) is 11.3 Å². The Morgan fingerprint density at radius 1 is 1.08 bits per heavy atom. The van der Waals surface area contributed by atoms with Crippen LogP contribution < -0.4 is 5.43 Å². The summed E-state index contributed by atoms with van der Waals surface area (Å²) in [5, 5.41) is 11.7. The van der Waals surface area contributed by atoms with E-state index in [-0.39, 0.29) is 5.91 Å². The molecule has 1 aromatic heterocycles. The average molecular weight is 387 g/mol. The highest BCUT2D eigenvalue weighted by Crippen LogP contribution is 2.22. The molecule has 0 aliphatic rings. The number of aromatic nitrogens is 2. The van der Waals surface area contributed by atoms with Crippen LogP contribution in [0.3, 0.4) is 0 Å². The normalized spacial score (nSPS) is 11.1. The fourth-order valence-corrected chi connectivity index (χ4v) is 2.61. The van der Waals surface area contributed by atoms with Crippen LogP contribution in [0.1, 0.15) is 27.2 Å². The lowest BCUT2D eigenvalue weighted by atomic mass is 10.0. The second-order valence-corrected chi connectivity index (χ2v) is 6.65. The molecule has 0 unspecified atom stereocenters. The average Bonchev–Trinajstić information content (AvgIpc) is 3.10. The number of amides is 1. The van der Waals surface area contributed by atoms with Gasteiger partial charge >= 0.3 is 0 Å². The van der Waals surface area contributed by atoms with Crippen molar-refractivity contribution in [1.29, 1.82) is 0 Å². The van der Waals surface area contributed by atoms with E-state index in [1.807, 2.05) is 25.1 Å². The topological polar surface area (TPSA) is 70.1 Å². The van der Waals surface area contributed by atoms with Gasteiger partial charge in [-0.25, -0.2) is 5.43 Å². The van der Waals surface area contributed by atoms with E-state index in [2.05, 4.69) is 27.6 Å². The standard InChI is InChI=1S/C19H16Cl2N4O/c1-11-3-5-14(7-12(11)2)17-9-18(24-23-17)19(26)25-22-10-13-4-6-15(20)16(21)8-13/h3-10H,1-2H3,(H,23,24)(H,25,26). The number of nitrogens with one attached hydrogen (secondary N) is 2. The first-order valence-corrected chi connectivity index (χ1v) is 8.61. The summed E-state index contributed by atoms with van der Waals surface area (Å²) in [4.78, 5) is 12.2. The summed E-state index contributed by atoms with van der Waals surface area (Å²) in [6.45, 7) is 4.09. The molecule has 0 bridgehead atoms. The number of aromatic amines is 1. The Morgan fingerprint density at radius 3 is 2.62 bits per heavy atom. The molecule has 0 aliphatic heterocycles. The first-order chi connectivity index (χ1) is 12.4. The molecular formula is C19H16Cl2N4O. The van der Waals surface area contributed by atoms with Crippen molar-refractivity contribution < 1.29 is 4.79 Å². The monoisotopic (exact) mass is 386 g/mol. The summed E-state index contributed by atoms with van der Waals surface area (Å²) < 4.78 is 0. The lowest BCUT2D eigenvalue weighted by Gasteiger charge is -2.01. The number of rotatable bonds is 4. The number of hydrogen-bond donors (Lipinski definition) is 2. The van der Waals surface area contributed by atoms with Gasteiger partial charge in [-0.3, -0.25) is 9.89 Å². The van der Waals surface area contributed by atoms with E-state index in [4.69, 9.17) is 23.2 Å². The SMILES string of the molecule is Cc1ccc(-c2cc(C(=O)NN=Cc3ccc(Cl)c(Cl)c3)[nH]n2)cc1C. The van der Waals surface area contributed by atoms with Gasteiger partial charge in [-0.05, 0) is 54.8 Å². The maximum atomic E-state index is 12.2. The number of aryl methyl sites for hydroxylation is 2. The zero-order valence-electron chi connectivity index (χ0n) is 14.2. The van der Waals surface area contributed by atoms with Gasteiger partial charge in [0.05, 0.1) is 22.0 Å². The third-order valence-electron chi connectivity index (χ3n) is 3.95. The molecule has 1 amide bonds. The fourth-order valence-electron chi connectivity index (χ4n) is 2.31. The summed E-state index contributed by atoms with van der Waals surface area (Å²) in [6.07, 6.45) is 1.49. The Labute approximate surface area is 161 Å². The molecule has 2 N–H and O–H groups in total. The van der Waals surface area contributed by atoms with Gasteiger partial charge in [-0.15, -0.1) is 0 Å². The number of hydrogen-bond acceptors (Lipinski definition) is 3. The maximum absolute atomic E-state index is 12.2. The quantitative estimate of drug-likeness (QED) is 0.500. The lowest BCUT2D eigenvalue weighted by molar-refractivity contribution is 0.0950. The predicted molar refractivity (Wildman–Crippen MR) is 105 cm³/mol. The van der Waals surface area contributed by atoms with Gasteiger partial charge in [0.15, 0.2) is 0 Å². The highest BCUT2D eigenvalue weighted by Gasteiger charge is 2.11. The van der Waals surface area contributed by atoms with Crippen LogP contribution in [0.5, 0.6) is 0 Å². The summed E-state index contributed by atoms with van der Waals surface area (Å²) >= 11 is 11.8. The molecule has 3 aromatic rings. The highest BCUT2D eigenvalue weighted by molar-refractivity contribution is 6.42. The third-order valence-corrected chi connectivity index (χ3v) is 4.69. The minimum absolute atomic E-state index is 0.324. The van der Waals surface area contributed by atoms with Crippen LogP contribution in [0.2, 0.25) is 10.0 Å². The molecule has 0 aliphatic carbocycles. The number of halogens is 2. The smallest absolute Gasteiger partial charge is 0.272 e. The van der Waals surface area contributed by atoms with E-state index in [9.17, 15) is 4.79 Å². The number of benzene rings is 2. The van der Waals surface area contributed by atoms with E-state index in [1.54, 1.807) is 24.3 Å². The van der Waals surface area contributed by atoms with Crippen LogP contribution in [-0.4, -0.2) is 22.3 Å². The number of carbonyl (C=O) groups excluding carboxylic acids is 1. The first kappa shape index (κ1) is 18.2. The van der Waals surface area contributed by atoms with Gasteiger partial charge in [-0.1, -0.05) is 41.4 Å². The first-order valence-electron chi connectivity index (χ1n) is 7.85. The van der Waals surface area contributed by atoms with Crippen LogP contribution in [-0.2, 0) is 0 Å². The largest absolute Gasteiger partial charge is 0.289 e. The molecule has 0 saturated carbocycles. The van der Waals surface area contributed by atoms with Crippen molar-refractivity contribution in [3.63, 3.8) is 0 Å². The lowest BCUT2D eigenvalue weighted by Crippen LogP contribution is -2.18. The van der Waals surface area contributed by atoms with Gasteiger partial charge in [-0.2, -0.15) is 10.2 Å². The Morgan fingerprint density at radius 2 is 1.88 bits per heavy atom. The van der Waals surface area contributed by atoms with Crippen LogP contribution in [0.25, 0.3) is 11.3 Å². The molecule has 0 radical (unpaired) electrons. The van der Waals surface area contributed by atoms with Crippen LogP contribution in [0, 0.1) is 13.8 Å². The van der Waals surface area contributed by atoms with E-state index >= 15 is 0 Å². The highest BCUT2D eigenvalue weighted by atomic mass is 35.5. The fraction of sp³-hybridized carbons (Fsp3) is 0.105. The molecule has 5 nitrogen and oxygen atoms in total. The van der Waals surface area contributed by atoms with Crippen molar-refractivity contribution in [2.75, 3.05) is 0 Å². The Bertz CT molecular complexity index is 995. The van der Waals surface area contributed by atoms with E-state index in [1.165, 1.54) is 17.3 Å². The molecule has 2 aromatic carbocycles. The van der Waals surface area contributed by atoms with E-state index in [0.717, 1.165) is 11.1 Å². The molecule has 0 fully saturated rings. The van der Waals surface area contributed by atoms with Gasteiger partial charge in [0, 0.05) is 5.56 Å². The van der Waals surface area contributed by atoms with Gasteiger partial charge in [0.25, 0.3) is 5.91 Å². The van der Waals surface area contributed by atoms with Crippen molar-refractivity contribution in [3.05, 3.63) is 74.9 Å². The van der Waals surface area contributed by atoms with Crippen molar-refractivity contribution in [2.45, 2.75) is 13.8 Å². The van der Waals surface area contributed by atoms with Crippen molar-refractivity contribution in [1.82, 2.24) is 15.6 Å². The summed E-state index contributed by atoms with van der Waals surface area (Å²) in [5.41, 5.74) is 7.52. The number of hydrazone groups is 1. The summed E-state index contributed by atoms with van der Waals surface area (Å²) in [7, 11) is 0. The molecule has 26 heavy (non-hydrogen) atoms. The Balaban J connectivity index is 1.68. The molecule has 0 atom stereocenters. The second-order valence-electron chi connectivity index (χ2n) is 5.84. The zero-order chi connectivity index (χ0) is 18.7. The number of H-pyrrole nitrogens is 1. The Kier molecular flexibility index (Phi) is 5.40. The van der Waals surface area contributed by atoms with Crippen molar-refractivity contribution in [2.24, 2.45) is 5.10 Å². The zero-order valence-corrected chi connectivity index (χ0v) is 15.7. The minimum Gasteiger partial charge on any atom is -0.272 e.